The molecule has 2 heterocycles. The molecule has 2 rings (SSSR count). The summed E-state index contributed by atoms with van der Waals surface area (Å²) < 4.78 is 0.760. The number of carboxylic acids is 1. The summed E-state index contributed by atoms with van der Waals surface area (Å²) in [5.74, 6) is -0.829. The van der Waals surface area contributed by atoms with E-state index < -0.39 is 5.97 Å². The van der Waals surface area contributed by atoms with E-state index in [0.717, 1.165) is 15.7 Å². The summed E-state index contributed by atoms with van der Waals surface area (Å²) in [5, 5.41) is 10.2. The van der Waals surface area contributed by atoms with Crippen LogP contribution in [-0.4, -0.2) is 15.9 Å². The standard InChI is InChI=1S/C9H7N3O2S/c10-9-8-6(11-4-12-9)3-5(15-8)1-2-7(13)14/h1-4H,(H,13,14)(H2,10,11,12)/p-1/b2-1+. The van der Waals surface area contributed by atoms with Crippen molar-refractivity contribution in [1.82, 2.24) is 9.97 Å². The van der Waals surface area contributed by atoms with E-state index in [4.69, 9.17) is 5.73 Å². The maximum atomic E-state index is 10.2. The minimum absolute atomic E-state index is 0.401. The first kappa shape index (κ1) is 9.60. The minimum atomic E-state index is -1.23. The fourth-order valence-corrected chi connectivity index (χ4v) is 2.04. The predicted molar refractivity (Wildman–Crippen MR) is 55.9 cm³/mol. The number of nitrogen functional groups attached to an aromatic ring is 1. The third kappa shape index (κ3) is 1.94. The Morgan fingerprint density at radius 2 is 2.33 bits per heavy atom. The third-order valence-corrected chi connectivity index (χ3v) is 2.85. The summed E-state index contributed by atoms with van der Waals surface area (Å²) in [5.41, 5.74) is 6.35. The highest BCUT2D eigenvalue weighted by Crippen LogP contribution is 2.27. The molecule has 2 aromatic rings. The van der Waals surface area contributed by atoms with Gasteiger partial charge in [-0.2, -0.15) is 0 Å². The minimum Gasteiger partial charge on any atom is -0.545 e. The smallest absolute Gasteiger partial charge is 0.144 e. The molecule has 0 aliphatic heterocycles. The van der Waals surface area contributed by atoms with Crippen molar-refractivity contribution in [2.75, 3.05) is 5.73 Å². The second-order valence-electron chi connectivity index (χ2n) is 2.77. The van der Waals surface area contributed by atoms with Gasteiger partial charge in [-0.15, -0.1) is 11.3 Å². The van der Waals surface area contributed by atoms with E-state index in [-0.39, 0.29) is 0 Å². The van der Waals surface area contributed by atoms with Gasteiger partial charge in [0.1, 0.15) is 12.1 Å². The molecular weight excluding hydrogens is 214 g/mol. The van der Waals surface area contributed by atoms with Gasteiger partial charge >= 0.3 is 0 Å². The summed E-state index contributed by atoms with van der Waals surface area (Å²) in [4.78, 5) is 18.8. The molecule has 2 aromatic heterocycles. The number of hydrogen-bond donors (Lipinski definition) is 1. The van der Waals surface area contributed by atoms with Crippen LogP contribution in [0.25, 0.3) is 16.3 Å². The van der Waals surface area contributed by atoms with Crippen molar-refractivity contribution in [1.29, 1.82) is 0 Å². The number of carboxylic acid groups (broad SMARTS) is 1. The molecule has 0 atom stereocenters. The molecule has 0 aliphatic carbocycles. The zero-order valence-corrected chi connectivity index (χ0v) is 8.32. The molecule has 0 unspecified atom stereocenters. The average Bonchev–Trinajstić information content (AvgIpc) is 2.59. The number of fused-ring (bicyclic) bond motifs is 1. The van der Waals surface area contributed by atoms with Crippen molar-refractivity contribution in [2.45, 2.75) is 0 Å². The van der Waals surface area contributed by atoms with Crippen LogP contribution in [0.5, 0.6) is 0 Å². The number of rotatable bonds is 2. The lowest BCUT2D eigenvalue weighted by atomic mass is 10.3. The van der Waals surface area contributed by atoms with E-state index in [9.17, 15) is 9.90 Å². The molecule has 0 spiro atoms. The molecule has 15 heavy (non-hydrogen) atoms. The van der Waals surface area contributed by atoms with Crippen LogP contribution in [0, 0.1) is 0 Å². The number of carbonyl (C=O) groups is 1. The zero-order chi connectivity index (χ0) is 10.8. The van der Waals surface area contributed by atoms with E-state index in [1.165, 1.54) is 23.7 Å². The monoisotopic (exact) mass is 220 g/mol. The number of carbonyl (C=O) groups excluding carboxylic acids is 1. The normalized spacial score (nSPS) is 11.2. The van der Waals surface area contributed by atoms with Crippen LogP contribution < -0.4 is 10.8 Å². The van der Waals surface area contributed by atoms with Crippen molar-refractivity contribution in [2.24, 2.45) is 0 Å². The Bertz CT molecular complexity index is 547. The Balaban J connectivity index is 2.48. The lowest BCUT2D eigenvalue weighted by Gasteiger charge is -1.90. The molecule has 0 fully saturated rings. The second-order valence-corrected chi connectivity index (χ2v) is 3.86. The first-order valence-corrected chi connectivity index (χ1v) is 4.87. The summed E-state index contributed by atoms with van der Waals surface area (Å²) in [6, 6.07) is 1.75. The van der Waals surface area contributed by atoms with Crippen molar-refractivity contribution in [3.8, 4) is 0 Å². The van der Waals surface area contributed by atoms with E-state index in [1.54, 1.807) is 6.07 Å². The Morgan fingerprint density at radius 3 is 3.00 bits per heavy atom. The zero-order valence-electron chi connectivity index (χ0n) is 7.51. The van der Waals surface area contributed by atoms with Crippen LogP contribution in [0.3, 0.4) is 0 Å². The second kappa shape index (κ2) is 3.66. The summed E-state index contributed by atoms with van der Waals surface area (Å²) >= 11 is 1.34. The van der Waals surface area contributed by atoms with Crippen LogP contribution in [-0.2, 0) is 4.79 Å². The lowest BCUT2D eigenvalue weighted by molar-refractivity contribution is -0.297. The van der Waals surface area contributed by atoms with E-state index in [1.807, 2.05) is 0 Å². The number of nitrogens with two attached hydrogens (primary N) is 1. The van der Waals surface area contributed by atoms with E-state index in [2.05, 4.69) is 9.97 Å². The Morgan fingerprint density at radius 1 is 1.53 bits per heavy atom. The van der Waals surface area contributed by atoms with Gasteiger partial charge in [0.15, 0.2) is 0 Å². The molecule has 0 amide bonds. The van der Waals surface area contributed by atoms with Gasteiger partial charge < -0.3 is 15.6 Å². The number of anilines is 1. The summed E-state index contributed by atoms with van der Waals surface area (Å²) in [6.45, 7) is 0. The molecule has 6 heteroatoms. The van der Waals surface area contributed by atoms with Crippen molar-refractivity contribution in [3.63, 3.8) is 0 Å². The largest absolute Gasteiger partial charge is 0.545 e. The van der Waals surface area contributed by atoms with Crippen LogP contribution in [0.2, 0.25) is 0 Å². The number of hydrogen-bond acceptors (Lipinski definition) is 6. The Labute approximate surface area is 88.9 Å². The fraction of sp³-hybridized carbons (Fsp3) is 0. The maximum Gasteiger partial charge on any atom is 0.144 e. The van der Waals surface area contributed by atoms with Gasteiger partial charge in [-0.3, -0.25) is 0 Å². The van der Waals surface area contributed by atoms with Crippen LogP contribution >= 0.6 is 11.3 Å². The number of aromatic nitrogens is 2. The molecule has 0 aromatic carbocycles. The molecule has 0 radical (unpaired) electrons. The van der Waals surface area contributed by atoms with Crippen molar-refractivity contribution in [3.05, 3.63) is 23.3 Å². The quantitative estimate of drug-likeness (QED) is 0.721. The highest BCUT2D eigenvalue weighted by molar-refractivity contribution is 7.20. The first-order chi connectivity index (χ1) is 7.16. The highest BCUT2D eigenvalue weighted by atomic mass is 32.1. The highest BCUT2D eigenvalue weighted by Gasteiger charge is 2.03. The molecule has 0 saturated heterocycles. The van der Waals surface area contributed by atoms with Gasteiger partial charge in [-0.1, -0.05) is 0 Å². The van der Waals surface area contributed by atoms with Gasteiger partial charge in [0.2, 0.25) is 0 Å². The topological polar surface area (TPSA) is 91.9 Å². The summed E-state index contributed by atoms with van der Waals surface area (Å²) in [6.07, 6.45) is 3.78. The molecule has 2 N–H and O–H groups in total. The van der Waals surface area contributed by atoms with E-state index in [0.29, 0.717) is 11.3 Å². The van der Waals surface area contributed by atoms with Crippen molar-refractivity contribution >= 4 is 39.4 Å². The molecule has 5 nitrogen and oxygen atoms in total. The van der Waals surface area contributed by atoms with Gasteiger partial charge in [0, 0.05) is 4.88 Å². The van der Waals surface area contributed by atoms with Crippen molar-refractivity contribution < 1.29 is 9.90 Å². The SMILES string of the molecule is Nc1ncnc2cc(/C=C/C(=O)[O-])sc12. The van der Waals surface area contributed by atoms with Crippen LogP contribution in [0.15, 0.2) is 18.5 Å². The predicted octanol–water partition coefficient (Wildman–Crippen LogP) is 0.0366. The van der Waals surface area contributed by atoms with Gasteiger partial charge in [0.25, 0.3) is 0 Å². The van der Waals surface area contributed by atoms with Gasteiger partial charge in [-0.25, -0.2) is 9.97 Å². The molecule has 0 aliphatic rings. The Kier molecular flexibility index (Phi) is 2.34. The molecule has 76 valence electrons. The van der Waals surface area contributed by atoms with Crippen LogP contribution in [0.1, 0.15) is 4.88 Å². The third-order valence-electron chi connectivity index (χ3n) is 1.74. The first-order valence-electron chi connectivity index (χ1n) is 4.06. The number of aliphatic carboxylic acids is 1. The van der Waals surface area contributed by atoms with E-state index >= 15 is 0 Å². The average molecular weight is 220 g/mol. The van der Waals surface area contributed by atoms with Gasteiger partial charge in [-0.05, 0) is 18.2 Å². The Hall–Kier alpha value is -1.95. The molecule has 0 bridgehead atoms. The molecular formula is C9H6N3O2S-. The van der Waals surface area contributed by atoms with Crippen LogP contribution in [0.4, 0.5) is 5.82 Å². The fourth-order valence-electron chi connectivity index (χ4n) is 1.12. The number of thiophene rings is 1. The number of nitrogens with zero attached hydrogens (tertiary/aromatic N) is 2. The maximum absolute atomic E-state index is 10.2. The molecule has 0 saturated carbocycles. The lowest BCUT2D eigenvalue weighted by Crippen LogP contribution is -2.18. The van der Waals surface area contributed by atoms with Gasteiger partial charge in [0.05, 0.1) is 16.2 Å². The summed E-state index contributed by atoms with van der Waals surface area (Å²) in [7, 11) is 0.